The Balaban J connectivity index is 2.45. The van der Waals surface area contributed by atoms with Gasteiger partial charge in [-0.15, -0.1) is 0 Å². The van der Waals surface area contributed by atoms with Gasteiger partial charge in [-0.25, -0.2) is 8.42 Å². The van der Waals surface area contributed by atoms with E-state index in [1.54, 1.807) is 43.3 Å². The topological polar surface area (TPSA) is 97.5 Å². The van der Waals surface area contributed by atoms with Gasteiger partial charge >= 0.3 is 0 Å². The van der Waals surface area contributed by atoms with Crippen molar-refractivity contribution < 1.29 is 18.3 Å². The number of sulfone groups is 1. The first-order chi connectivity index (χ1) is 10.9. The molecule has 0 heterocycles. The Labute approximate surface area is 135 Å². The molecule has 1 atom stereocenters. The largest absolute Gasteiger partial charge is 0.395 e. The molecule has 0 fully saturated rings. The molecule has 0 saturated carbocycles. The Hall–Kier alpha value is -2.18. The van der Waals surface area contributed by atoms with E-state index >= 15 is 0 Å². The summed E-state index contributed by atoms with van der Waals surface area (Å²) in [5.74, 6) is -0.985. The Bertz CT molecular complexity index is 798. The maximum atomic E-state index is 11.9. The van der Waals surface area contributed by atoms with Gasteiger partial charge in [0.25, 0.3) is 0 Å². The number of carbonyl (C=O) groups is 1. The number of benzene rings is 2. The van der Waals surface area contributed by atoms with Gasteiger partial charge in [-0.3, -0.25) is 4.79 Å². The zero-order valence-electron chi connectivity index (χ0n) is 12.8. The average molecular weight is 333 g/mol. The third kappa shape index (κ3) is 3.60. The highest BCUT2D eigenvalue weighted by Gasteiger charge is 2.20. The second kappa shape index (κ2) is 6.93. The number of carbonyl (C=O) groups excluding carboxylic acids is 1. The Morgan fingerprint density at radius 1 is 1.13 bits per heavy atom. The van der Waals surface area contributed by atoms with Crippen molar-refractivity contribution in [3.8, 4) is 0 Å². The van der Waals surface area contributed by atoms with Crippen molar-refractivity contribution in [2.75, 3.05) is 12.4 Å². The highest BCUT2D eigenvalue weighted by molar-refractivity contribution is 7.91. The van der Waals surface area contributed by atoms with Crippen LogP contribution >= 0.6 is 0 Å². The van der Waals surface area contributed by atoms with Crippen LogP contribution in [-0.4, -0.2) is 31.8 Å². The molecule has 0 aliphatic rings. The van der Waals surface area contributed by atoms with Gasteiger partial charge in [-0.05, 0) is 29.3 Å². The van der Waals surface area contributed by atoms with Crippen LogP contribution in [0, 0.1) is 0 Å². The van der Waals surface area contributed by atoms with E-state index in [0.717, 1.165) is 5.56 Å². The van der Waals surface area contributed by atoms with E-state index in [1.807, 2.05) is 0 Å². The fourth-order valence-corrected chi connectivity index (χ4v) is 3.37. The van der Waals surface area contributed by atoms with E-state index < -0.39 is 21.7 Å². The van der Waals surface area contributed by atoms with Crippen molar-refractivity contribution in [1.82, 2.24) is 0 Å². The van der Waals surface area contributed by atoms with Crippen LogP contribution in [0.15, 0.2) is 53.4 Å². The number of aliphatic hydroxyl groups is 1. The first-order valence-corrected chi connectivity index (χ1v) is 8.88. The Morgan fingerprint density at radius 2 is 1.74 bits per heavy atom. The van der Waals surface area contributed by atoms with Crippen LogP contribution in [0.5, 0.6) is 0 Å². The van der Waals surface area contributed by atoms with Gasteiger partial charge in [0.05, 0.1) is 17.3 Å². The smallest absolute Gasteiger partial charge is 0.249 e. The molecule has 1 amide bonds. The lowest BCUT2D eigenvalue weighted by Crippen LogP contribution is -2.17. The van der Waals surface area contributed by atoms with Gasteiger partial charge in [0.15, 0.2) is 9.84 Å². The van der Waals surface area contributed by atoms with Gasteiger partial charge in [-0.2, -0.15) is 0 Å². The van der Waals surface area contributed by atoms with Crippen LogP contribution in [0.4, 0.5) is 0 Å². The highest BCUT2D eigenvalue weighted by Crippen LogP contribution is 2.28. The third-order valence-corrected chi connectivity index (χ3v) is 5.56. The molecule has 0 spiro atoms. The number of aliphatic hydroxyl groups excluding tert-OH is 1. The molecule has 0 aliphatic heterocycles. The van der Waals surface area contributed by atoms with Crippen LogP contribution in [0.3, 0.4) is 0 Å². The van der Waals surface area contributed by atoms with Crippen LogP contribution in [0.2, 0.25) is 0 Å². The molecule has 0 aliphatic carbocycles. The van der Waals surface area contributed by atoms with E-state index in [1.165, 1.54) is 12.1 Å². The van der Waals surface area contributed by atoms with Crippen molar-refractivity contribution in [3.63, 3.8) is 0 Å². The minimum Gasteiger partial charge on any atom is -0.395 e. The number of nitrogens with two attached hydrogens (primary N) is 1. The molecule has 0 aromatic heterocycles. The second-order valence-electron chi connectivity index (χ2n) is 5.16. The Kier molecular flexibility index (Phi) is 5.18. The summed E-state index contributed by atoms with van der Waals surface area (Å²) in [6, 6.07) is 13.2. The van der Waals surface area contributed by atoms with Gasteiger partial charge < -0.3 is 10.8 Å². The maximum Gasteiger partial charge on any atom is 0.249 e. The maximum absolute atomic E-state index is 11.9. The molecule has 2 aromatic rings. The first-order valence-electron chi connectivity index (χ1n) is 7.23. The van der Waals surface area contributed by atoms with E-state index in [9.17, 15) is 18.3 Å². The zero-order valence-corrected chi connectivity index (χ0v) is 13.6. The van der Waals surface area contributed by atoms with E-state index in [0.29, 0.717) is 11.1 Å². The van der Waals surface area contributed by atoms with Crippen molar-refractivity contribution in [1.29, 1.82) is 0 Å². The molecule has 0 saturated heterocycles. The average Bonchev–Trinajstić information content (AvgIpc) is 2.56. The summed E-state index contributed by atoms with van der Waals surface area (Å²) in [6.07, 6.45) is 0. The van der Waals surface area contributed by atoms with Crippen molar-refractivity contribution in [2.24, 2.45) is 5.73 Å². The number of hydrogen-bond acceptors (Lipinski definition) is 4. The molecular weight excluding hydrogens is 314 g/mol. The summed E-state index contributed by atoms with van der Waals surface area (Å²) >= 11 is 0. The predicted octanol–water partition coefficient (Wildman–Crippen LogP) is 1.70. The Morgan fingerprint density at radius 3 is 2.26 bits per heavy atom. The number of rotatable bonds is 6. The van der Waals surface area contributed by atoms with Crippen molar-refractivity contribution >= 4 is 15.7 Å². The molecule has 5 nitrogen and oxygen atoms in total. The molecule has 2 aromatic carbocycles. The van der Waals surface area contributed by atoms with Gasteiger partial charge in [0.2, 0.25) is 5.91 Å². The molecule has 6 heteroatoms. The SMILES string of the molecule is CCS(=O)(=O)c1ccc([C@@H](CO)c2ccccc2C(N)=O)cc1. The summed E-state index contributed by atoms with van der Waals surface area (Å²) in [5, 5.41) is 9.74. The number of amides is 1. The van der Waals surface area contributed by atoms with E-state index in [2.05, 4.69) is 0 Å². The van der Waals surface area contributed by atoms with Crippen molar-refractivity contribution in [3.05, 3.63) is 65.2 Å². The van der Waals surface area contributed by atoms with Gasteiger partial charge in [-0.1, -0.05) is 37.3 Å². The molecular formula is C17H19NO4S. The second-order valence-corrected chi connectivity index (χ2v) is 7.44. The molecule has 3 N–H and O–H groups in total. The lowest BCUT2D eigenvalue weighted by molar-refractivity contribution is 0.0999. The minimum atomic E-state index is -3.27. The van der Waals surface area contributed by atoms with E-state index in [-0.39, 0.29) is 17.3 Å². The first kappa shape index (κ1) is 17.2. The summed E-state index contributed by atoms with van der Waals surface area (Å²) in [4.78, 5) is 11.8. The predicted molar refractivity (Wildman–Crippen MR) is 88.1 cm³/mol. The summed E-state index contributed by atoms with van der Waals surface area (Å²) in [5.41, 5.74) is 7.07. The molecule has 23 heavy (non-hydrogen) atoms. The lowest BCUT2D eigenvalue weighted by Gasteiger charge is -2.18. The zero-order chi connectivity index (χ0) is 17.0. The summed E-state index contributed by atoms with van der Waals surface area (Å²) in [6.45, 7) is 1.37. The fourth-order valence-electron chi connectivity index (χ4n) is 2.48. The third-order valence-electron chi connectivity index (χ3n) is 3.81. The standard InChI is InChI=1S/C17H19NO4S/c1-2-23(21,22)13-9-7-12(8-10-13)16(11-19)14-5-3-4-6-15(14)17(18)20/h3-10,16,19H,2,11H2,1H3,(H2,18,20)/t16-/m1/s1. The monoisotopic (exact) mass is 333 g/mol. The molecule has 0 bridgehead atoms. The molecule has 0 radical (unpaired) electrons. The fraction of sp³-hybridized carbons (Fsp3) is 0.235. The summed E-state index contributed by atoms with van der Waals surface area (Å²) < 4.78 is 23.7. The van der Waals surface area contributed by atoms with Crippen LogP contribution in [0.25, 0.3) is 0 Å². The van der Waals surface area contributed by atoms with E-state index in [4.69, 9.17) is 5.73 Å². The van der Waals surface area contributed by atoms with Crippen molar-refractivity contribution in [2.45, 2.75) is 17.7 Å². The minimum absolute atomic E-state index is 0.0281. The molecule has 122 valence electrons. The lowest BCUT2D eigenvalue weighted by atomic mass is 9.88. The number of primary amides is 1. The van der Waals surface area contributed by atoms with Crippen LogP contribution in [0.1, 0.15) is 34.3 Å². The normalized spacial score (nSPS) is 12.8. The van der Waals surface area contributed by atoms with Gasteiger partial charge in [0.1, 0.15) is 0 Å². The highest BCUT2D eigenvalue weighted by atomic mass is 32.2. The molecule has 2 rings (SSSR count). The summed E-state index contributed by atoms with van der Waals surface area (Å²) in [7, 11) is -3.27. The number of hydrogen-bond donors (Lipinski definition) is 2. The molecule has 0 unspecified atom stereocenters. The van der Waals surface area contributed by atoms with Gasteiger partial charge in [0, 0.05) is 11.5 Å². The van der Waals surface area contributed by atoms with Crippen LogP contribution in [-0.2, 0) is 9.84 Å². The van der Waals surface area contributed by atoms with Crippen LogP contribution < -0.4 is 5.73 Å². The quantitative estimate of drug-likeness (QED) is 0.841.